The number of hydrogen-bond acceptors (Lipinski definition) is 6. The van der Waals surface area contributed by atoms with E-state index in [2.05, 4.69) is 16.9 Å². The molecule has 0 unspecified atom stereocenters. The molecular weight excluding hydrogens is 473 g/mol. The van der Waals surface area contributed by atoms with Crippen molar-refractivity contribution in [1.29, 1.82) is 0 Å². The highest BCUT2D eigenvalue weighted by molar-refractivity contribution is 7.89. The van der Waals surface area contributed by atoms with Crippen LogP contribution in [0.3, 0.4) is 0 Å². The number of nitrogens with zero attached hydrogens (tertiary/aromatic N) is 4. The third kappa shape index (κ3) is 4.23. The maximum atomic E-state index is 13.1. The minimum Gasteiger partial charge on any atom is -0.353 e. The predicted octanol–water partition coefficient (Wildman–Crippen LogP) is 4.44. The van der Waals surface area contributed by atoms with Crippen LogP contribution in [0, 0.1) is 0 Å². The summed E-state index contributed by atoms with van der Waals surface area (Å²) in [7, 11) is -4.09. The molecule has 1 aliphatic rings. The standard InChI is InChI=1S/C19H18ClF3N4O2S2/c1-2-12-9-14-17(24-11-25-18(14)30-12)26-5-7-27(8-6-26)31(28,29)13-3-4-16(20)15(10-13)19(21,22)23/h3-4,9-11H,2,5-8H2,1H3. The van der Waals surface area contributed by atoms with E-state index in [-0.39, 0.29) is 13.1 Å². The first-order valence-corrected chi connectivity index (χ1v) is 12.1. The van der Waals surface area contributed by atoms with E-state index in [1.54, 1.807) is 11.3 Å². The van der Waals surface area contributed by atoms with Gasteiger partial charge in [-0.1, -0.05) is 18.5 Å². The van der Waals surface area contributed by atoms with Crippen molar-refractivity contribution >= 4 is 49.0 Å². The molecule has 0 radical (unpaired) electrons. The normalized spacial score (nSPS) is 16.2. The molecule has 0 amide bonds. The van der Waals surface area contributed by atoms with Crippen molar-refractivity contribution < 1.29 is 21.6 Å². The fraction of sp³-hybridized carbons (Fsp3) is 0.368. The summed E-state index contributed by atoms with van der Waals surface area (Å²) in [5, 5.41) is 0.388. The van der Waals surface area contributed by atoms with Gasteiger partial charge in [0.1, 0.15) is 17.0 Å². The maximum Gasteiger partial charge on any atom is 0.417 e. The number of thiophene rings is 1. The number of halogens is 4. The molecule has 0 spiro atoms. The monoisotopic (exact) mass is 490 g/mol. The minimum atomic E-state index is -4.74. The summed E-state index contributed by atoms with van der Waals surface area (Å²) >= 11 is 7.21. The van der Waals surface area contributed by atoms with Crippen LogP contribution in [0.15, 0.2) is 35.5 Å². The van der Waals surface area contributed by atoms with Crippen LogP contribution in [-0.2, 0) is 22.6 Å². The summed E-state index contributed by atoms with van der Waals surface area (Å²) < 4.78 is 66.5. The highest BCUT2D eigenvalue weighted by atomic mass is 35.5. The van der Waals surface area contributed by atoms with E-state index in [1.807, 2.05) is 11.0 Å². The summed E-state index contributed by atoms with van der Waals surface area (Å²) in [5.74, 6) is 0.740. The summed E-state index contributed by atoms with van der Waals surface area (Å²) in [6.45, 7) is 3.04. The van der Waals surface area contributed by atoms with Gasteiger partial charge in [0.2, 0.25) is 10.0 Å². The van der Waals surface area contributed by atoms with Gasteiger partial charge < -0.3 is 4.90 Å². The molecule has 1 aromatic carbocycles. The predicted molar refractivity (Wildman–Crippen MR) is 114 cm³/mol. The first-order valence-electron chi connectivity index (χ1n) is 9.46. The van der Waals surface area contributed by atoms with Crippen LogP contribution in [0.5, 0.6) is 0 Å². The van der Waals surface area contributed by atoms with Crippen LogP contribution in [0.2, 0.25) is 5.02 Å². The Morgan fingerprint density at radius 2 is 1.84 bits per heavy atom. The van der Waals surface area contributed by atoms with Gasteiger partial charge in [-0.25, -0.2) is 18.4 Å². The first-order chi connectivity index (χ1) is 14.6. The Labute approximate surface area is 186 Å². The minimum absolute atomic E-state index is 0.128. The average Bonchev–Trinajstić information content (AvgIpc) is 3.16. The Morgan fingerprint density at radius 1 is 1.13 bits per heavy atom. The molecule has 0 atom stereocenters. The van der Waals surface area contributed by atoms with E-state index >= 15 is 0 Å². The van der Waals surface area contributed by atoms with Crippen molar-refractivity contribution in [3.63, 3.8) is 0 Å². The lowest BCUT2D eigenvalue weighted by Crippen LogP contribution is -2.49. The van der Waals surface area contributed by atoms with Gasteiger partial charge in [0.05, 0.1) is 20.9 Å². The zero-order valence-electron chi connectivity index (χ0n) is 16.4. The molecule has 0 saturated carbocycles. The summed E-state index contributed by atoms with van der Waals surface area (Å²) in [5.41, 5.74) is -1.17. The number of sulfonamides is 1. The van der Waals surface area contributed by atoms with Crippen molar-refractivity contribution in [2.45, 2.75) is 24.4 Å². The SMILES string of the molecule is CCc1cc2c(N3CCN(S(=O)(=O)c4ccc(Cl)c(C(F)(F)F)c4)CC3)ncnc2s1. The van der Waals surface area contributed by atoms with Crippen LogP contribution in [0.4, 0.5) is 19.0 Å². The van der Waals surface area contributed by atoms with Crippen LogP contribution in [-0.4, -0.2) is 48.9 Å². The Bertz CT molecular complexity index is 1220. The molecule has 31 heavy (non-hydrogen) atoms. The lowest BCUT2D eigenvalue weighted by Gasteiger charge is -2.35. The van der Waals surface area contributed by atoms with E-state index in [1.165, 1.54) is 15.5 Å². The first kappa shape index (κ1) is 22.3. The van der Waals surface area contributed by atoms with E-state index in [9.17, 15) is 21.6 Å². The van der Waals surface area contributed by atoms with Gasteiger partial charge in [0.15, 0.2) is 0 Å². The average molecular weight is 491 g/mol. The molecule has 166 valence electrons. The second-order valence-electron chi connectivity index (χ2n) is 7.01. The van der Waals surface area contributed by atoms with Gasteiger partial charge in [-0.05, 0) is 30.7 Å². The number of alkyl halides is 3. The number of piperazine rings is 1. The van der Waals surface area contributed by atoms with Gasteiger partial charge in [0.25, 0.3) is 0 Å². The number of fused-ring (bicyclic) bond motifs is 1. The lowest BCUT2D eigenvalue weighted by molar-refractivity contribution is -0.137. The number of aryl methyl sites for hydroxylation is 1. The molecule has 0 N–H and O–H groups in total. The fourth-order valence-electron chi connectivity index (χ4n) is 3.49. The smallest absolute Gasteiger partial charge is 0.353 e. The maximum absolute atomic E-state index is 13.1. The topological polar surface area (TPSA) is 66.4 Å². The van der Waals surface area contributed by atoms with Gasteiger partial charge in [0, 0.05) is 31.1 Å². The highest BCUT2D eigenvalue weighted by Gasteiger charge is 2.36. The molecule has 1 aliphatic heterocycles. The van der Waals surface area contributed by atoms with E-state index in [4.69, 9.17) is 11.6 Å². The number of benzene rings is 1. The van der Waals surface area contributed by atoms with Gasteiger partial charge >= 0.3 is 6.18 Å². The zero-order valence-corrected chi connectivity index (χ0v) is 18.7. The van der Waals surface area contributed by atoms with E-state index in [0.717, 1.165) is 34.6 Å². The third-order valence-corrected chi connectivity index (χ3v) is 8.54. The van der Waals surface area contributed by atoms with Crippen molar-refractivity contribution in [2.75, 3.05) is 31.1 Å². The third-order valence-electron chi connectivity index (χ3n) is 5.13. The zero-order chi connectivity index (χ0) is 22.4. The van der Waals surface area contributed by atoms with Gasteiger partial charge in [-0.15, -0.1) is 11.3 Å². The molecule has 6 nitrogen and oxygen atoms in total. The Balaban J connectivity index is 1.56. The van der Waals surface area contributed by atoms with Crippen LogP contribution >= 0.6 is 22.9 Å². The van der Waals surface area contributed by atoms with Gasteiger partial charge in [-0.2, -0.15) is 17.5 Å². The van der Waals surface area contributed by atoms with Crippen molar-refractivity contribution in [1.82, 2.24) is 14.3 Å². The Kier molecular flexibility index (Phi) is 5.88. The van der Waals surface area contributed by atoms with Crippen molar-refractivity contribution in [3.8, 4) is 0 Å². The molecule has 3 heterocycles. The molecule has 2 aromatic heterocycles. The number of aromatic nitrogens is 2. The molecule has 4 rings (SSSR count). The quantitative estimate of drug-likeness (QED) is 0.541. The van der Waals surface area contributed by atoms with Crippen LogP contribution in [0.25, 0.3) is 10.2 Å². The molecular formula is C19H18ClF3N4O2S2. The second-order valence-corrected chi connectivity index (χ2v) is 10.5. The molecule has 12 heteroatoms. The Hall–Kier alpha value is -1.95. The fourth-order valence-corrected chi connectivity index (χ4v) is 6.09. The van der Waals surface area contributed by atoms with Crippen LogP contribution < -0.4 is 4.90 Å². The lowest BCUT2D eigenvalue weighted by atomic mass is 10.2. The molecule has 1 saturated heterocycles. The molecule has 0 aliphatic carbocycles. The summed E-state index contributed by atoms with van der Waals surface area (Å²) in [6.07, 6.45) is -2.37. The molecule has 1 fully saturated rings. The Morgan fingerprint density at radius 3 is 2.48 bits per heavy atom. The summed E-state index contributed by atoms with van der Waals surface area (Å²) in [4.78, 5) is 12.3. The number of anilines is 1. The number of hydrogen-bond donors (Lipinski definition) is 0. The van der Waals surface area contributed by atoms with Gasteiger partial charge in [-0.3, -0.25) is 0 Å². The highest BCUT2D eigenvalue weighted by Crippen LogP contribution is 2.37. The molecule has 0 bridgehead atoms. The van der Waals surface area contributed by atoms with E-state index < -0.39 is 31.7 Å². The summed E-state index contributed by atoms with van der Waals surface area (Å²) in [6, 6.07) is 4.71. The van der Waals surface area contributed by atoms with Crippen molar-refractivity contribution in [3.05, 3.63) is 46.1 Å². The molecule has 3 aromatic rings. The van der Waals surface area contributed by atoms with Crippen molar-refractivity contribution in [2.24, 2.45) is 0 Å². The van der Waals surface area contributed by atoms with E-state index in [0.29, 0.717) is 19.2 Å². The van der Waals surface area contributed by atoms with Crippen LogP contribution in [0.1, 0.15) is 17.4 Å². The largest absolute Gasteiger partial charge is 0.417 e. The number of rotatable bonds is 4. The second kappa shape index (κ2) is 8.19.